The molecular weight excluding hydrogens is 332 g/mol. The molecule has 2 aromatic carbocycles. The van der Waals surface area contributed by atoms with E-state index in [1.807, 2.05) is 0 Å². The number of carbonyl (C=O) groups excluding carboxylic acids is 1. The molecule has 2 aromatic rings. The van der Waals surface area contributed by atoms with Gasteiger partial charge in [0.1, 0.15) is 0 Å². The molecule has 0 saturated heterocycles. The van der Waals surface area contributed by atoms with E-state index in [1.165, 1.54) is 43.3 Å². The van der Waals surface area contributed by atoms with Gasteiger partial charge in [0.25, 0.3) is 10.0 Å². The maximum atomic E-state index is 12.3. The van der Waals surface area contributed by atoms with Gasteiger partial charge in [0, 0.05) is 18.3 Å². The number of benzene rings is 2. The Bertz CT molecular complexity index is 843. The highest BCUT2D eigenvalue weighted by Gasteiger charge is 2.14. The highest BCUT2D eigenvalue weighted by molar-refractivity contribution is 7.92. The van der Waals surface area contributed by atoms with Gasteiger partial charge in [-0.3, -0.25) is 14.3 Å². The highest BCUT2D eigenvalue weighted by atomic mass is 32.2. The molecule has 0 fully saturated rings. The van der Waals surface area contributed by atoms with Crippen LogP contribution in [-0.4, -0.2) is 25.4 Å². The lowest BCUT2D eigenvalue weighted by atomic mass is 10.1. The van der Waals surface area contributed by atoms with Gasteiger partial charge in [-0.1, -0.05) is 12.1 Å². The first kappa shape index (κ1) is 17.5. The summed E-state index contributed by atoms with van der Waals surface area (Å²) in [5.74, 6) is -1.20. The van der Waals surface area contributed by atoms with E-state index in [1.54, 1.807) is 12.1 Å². The van der Waals surface area contributed by atoms with E-state index in [2.05, 4.69) is 10.0 Å². The van der Waals surface area contributed by atoms with E-state index in [0.29, 0.717) is 16.9 Å². The Balaban J connectivity index is 2.12. The first-order chi connectivity index (χ1) is 11.3. The minimum absolute atomic E-state index is 0.0474. The molecule has 0 aliphatic heterocycles. The molecule has 0 bridgehead atoms. The first-order valence-electron chi connectivity index (χ1n) is 6.97. The zero-order valence-electron chi connectivity index (χ0n) is 12.8. The molecule has 2 rings (SSSR count). The minimum Gasteiger partial charge on any atom is -0.481 e. The molecule has 7 nitrogen and oxygen atoms in total. The number of carboxylic acid groups (broad SMARTS) is 1. The second-order valence-corrected chi connectivity index (χ2v) is 6.76. The van der Waals surface area contributed by atoms with Crippen molar-refractivity contribution in [3.63, 3.8) is 0 Å². The van der Waals surface area contributed by atoms with Gasteiger partial charge in [-0.15, -0.1) is 0 Å². The predicted octanol–water partition coefficient (Wildman–Crippen LogP) is 2.07. The lowest BCUT2D eigenvalue weighted by molar-refractivity contribution is -0.136. The van der Waals surface area contributed by atoms with Crippen LogP contribution in [0, 0.1) is 0 Å². The molecule has 3 N–H and O–H groups in total. The van der Waals surface area contributed by atoms with Crippen LogP contribution in [0.2, 0.25) is 0 Å². The predicted molar refractivity (Wildman–Crippen MR) is 89.3 cm³/mol. The van der Waals surface area contributed by atoms with Crippen molar-refractivity contribution in [1.29, 1.82) is 0 Å². The summed E-state index contributed by atoms with van der Waals surface area (Å²) in [4.78, 5) is 21.6. The van der Waals surface area contributed by atoms with E-state index in [9.17, 15) is 18.0 Å². The summed E-state index contributed by atoms with van der Waals surface area (Å²) in [5.41, 5.74) is 1.40. The molecule has 0 heterocycles. The topological polar surface area (TPSA) is 113 Å². The summed E-state index contributed by atoms with van der Waals surface area (Å²) in [5, 5.41) is 11.3. The molecule has 0 radical (unpaired) electrons. The number of anilines is 2. The summed E-state index contributed by atoms with van der Waals surface area (Å²) in [6.45, 7) is 1.36. The number of carbonyl (C=O) groups is 2. The van der Waals surface area contributed by atoms with Gasteiger partial charge in [0.2, 0.25) is 5.91 Å². The van der Waals surface area contributed by atoms with Crippen molar-refractivity contribution in [1.82, 2.24) is 0 Å². The number of aliphatic carboxylic acids is 1. The van der Waals surface area contributed by atoms with E-state index in [4.69, 9.17) is 5.11 Å². The van der Waals surface area contributed by atoms with Gasteiger partial charge < -0.3 is 10.4 Å². The van der Waals surface area contributed by atoms with Crippen LogP contribution in [0.1, 0.15) is 12.5 Å². The van der Waals surface area contributed by atoms with Crippen LogP contribution >= 0.6 is 0 Å². The Morgan fingerprint density at radius 1 is 0.958 bits per heavy atom. The number of rotatable bonds is 6. The van der Waals surface area contributed by atoms with Crippen molar-refractivity contribution in [2.75, 3.05) is 10.0 Å². The fraction of sp³-hybridized carbons (Fsp3) is 0.125. The molecule has 8 heteroatoms. The fourth-order valence-electron chi connectivity index (χ4n) is 2.00. The normalized spacial score (nSPS) is 10.9. The van der Waals surface area contributed by atoms with E-state index in [0.717, 1.165) is 0 Å². The second kappa shape index (κ2) is 7.14. The minimum atomic E-state index is -3.77. The maximum Gasteiger partial charge on any atom is 0.307 e. The zero-order chi connectivity index (χ0) is 17.7. The molecule has 0 spiro atoms. The molecule has 0 unspecified atom stereocenters. The molecule has 0 aromatic heterocycles. The average molecular weight is 348 g/mol. The van der Waals surface area contributed by atoms with Gasteiger partial charge in [-0.05, 0) is 42.0 Å². The van der Waals surface area contributed by atoms with Crippen LogP contribution in [0.4, 0.5) is 11.4 Å². The molecule has 0 atom stereocenters. The number of nitrogens with one attached hydrogen (secondary N) is 2. The number of carboxylic acids is 1. The number of amides is 1. The molecule has 24 heavy (non-hydrogen) atoms. The van der Waals surface area contributed by atoms with Gasteiger partial charge in [-0.25, -0.2) is 8.42 Å². The van der Waals surface area contributed by atoms with Crippen LogP contribution in [0.15, 0.2) is 53.4 Å². The van der Waals surface area contributed by atoms with Crippen molar-refractivity contribution in [2.45, 2.75) is 18.2 Å². The van der Waals surface area contributed by atoms with Crippen LogP contribution in [-0.2, 0) is 26.0 Å². The van der Waals surface area contributed by atoms with Crippen molar-refractivity contribution in [3.05, 3.63) is 54.1 Å². The van der Waals surface area contributed by atoms with Gasteiger partial charge in [-0.2, -0.15) is 0 Å². The monoisotopic (exact) mass is 348 g/mol. The highest BCUT2D eigenvalue weighted by Crippen LogP contribution is 2.19. The number of hydrogen-bond acceptors (Lipinski definition) is 4. The summed E-state index contributed by atoms with van der Waals surface area (Å²) < 4.78 is 27.0. The van der Waals surface area contributed by atoms with Gasteiger partial charge >= 0.3 is 5.97 Å². The van der Waals surface area contributed by atoms with E-state index >= 15 is 0 Å². The Morgan fingerprint density at radius 3 is 2.00 bits per heavy atom. The summed E-state index contributed by atoms with van der Waals surface area (Å²) in [6.07, 6.45) is -0.127. The Morgan fingerprint density at radius 2 is 1.50 bits per heavy atom. The third kappa shape index (κ3) is 4.82. The third-order valence-corrected chi connectivity index (χ3v) is 4.44. The van der Waals surface area contributed by atoms with Gasteiger partial charge in [0.15, 0.2) is 0 Å². The molecule has 0 aliphatic carbocycles. The smallest absolute Gasteiger partial charge is 0.307 e. The summed E-state index contributed by atoms with van der Waals surface area (Å²) >= 11 is 0. The average Bonchev–Trinajstić information content (AvgIpc) is 2.48. The SMILES string of the molecule is CC(=O)Nc1ccc(S(=O)(=O)Nc2ccc(CC(=O)O)cc2)cc1. The first-order valence-corrected chi connectivity index (χ1v) is 8.46. The zero-order valence-corrected chi connectivity index (χ0v) is 13.6. The van der Waals surface area contributed by atoms with Crippen molar-refractivity contribution in [3.8, 4) is 0 Å². The molecular formula is C16H16N2O5S. The summed E-state index contributed by atoms with van der Waals surface area (Å²) in [6, 6.07) is 11.8. The lowest BCUT2D eigenvalue weighted by Gasteiger charge is -2.09. The van der Waals surface area contributed by atoms with Crippen LogP contribution in [0.3, 0.4) is 0 Å². The standard InChI is InChI=1S/C16H16N2O5S/c1-11(19)17-13-6-8-15(9-7-13)24(22,23)18-14-4-2-12(3-5-14)10-16(20)21/h2-9,18H,10H2,1H3,(H,17,19)(H,20,21). The third-order valence-electron chi connectivity index (χ3n) is 3.05. The number of sulfonamides is 1. The van der Waals surface area contributed by atoms with Crippen LogP contribution < -0.4 is 10.0 Å². The Kier molecular flexibility index (Phi) is 5.20. The van der Waals surface area contributed by atoms with Crippen LogP contribution in [0.5, 0.6) is 0 Å². The second-order valence-electron chi connectivity index (χ2n) is 5.08. The van der Waals surface area contributed by atoms with E-state index in [-0.39, 0.29) is 17.2 Å². The maximum absolute atomic E-state index is 12.3. The van der Waals surface area contributed by atoms with Crippen molar-refractivity contribution < 1.29 is 23.1 Å². The molecule has 1 amide bonds. The quantitative estimate of drug-likeness (QED) is 0.740. The summed E-state index contributed by atoms with van der Waals surface area (Å²) in [7, 11) is -3.77. The van der Waals surface area contributed by atoms with Crippen molar-refractivity contribution in [2.24, 2.45) is 0 Å². The Labute approximate surface area is 139 Å². The van der Waals surface area contributed by atoms with Crippen LogP contribution in [0.25, 0.3) is 0 Å². The molecule has 0 aliphatic rings. The number of hydrogen-bond donors (Lipinski definition) is 3. The lowest BCUT2D eigenvalue weighted by Crippen LogP contribution is -2.13. The van der Waals surface area contributed by atoms with Crippen molar-refractivity contribution >= 4 is 33.3 Å². The van der Waals surface area contributed by atoms with Gasteiger partial charge in [0.05, 0.1) is 11.3 Å². The Hall–Kier alpha value is -2.87. The fourth-order valence-corrected chi connectivity index (χ4v) is 3.06. The molecule has 0 saturated carbocycles. The molecule has 126 valence electrons. The van der Waals surface area contributed by atoms with E-state index < -0.39 is 16.0 Å². The largest absolute Gasteiger partial charge is 0.481 e.